The third-order valence-corrected chi connectivity index (χ3v) is 13.5. The monoisotopic (exact) mass is 585 g/mol. The summed E-state index contributed by atoms with van der Waals surface area (Å²) in [4.78, 5) is 46.5. The number of hydrogen-bond acceptors (Lipinski definition) is 6. The van der Waals surface area contributed by atoms with E-state index in [4.69, 9.17) is 4.74 Å². The zero-order valence-corrected chi connectivity index (χ0v) is 27.2. The van der Waals surface area contributed by atoms with E-state index >= 15 is 0 Å². The van der Waals surface area contributed by atoms with Crippen LogP contribution >= 0.6 is 0 Å². The highest BCUT2D eigenvalue weighted by atomic mass is 16.5. The molecule has 0 bridgehead atoms. The molecule has 0 unspecified atom stereocenters. The summed E-state index contributed by atoms with van der Waals surface area (Å²) in [7, 11) is 1.89. The molecule has 230 valence electrons. The van der Waals surface area contributed by atoms with Gasteiger partial charge in [-0.05, 0) is 79.1 Å². The van der Waals surface area contributed by atoms with E-state index in [1.165, 1.54) is 0 Å². The molecule has 43 heavy (non-hydrogen) atoms. The van der Waals surface area contributed by atoms with E-state index in [2.05, 4.69) is 45.7 Å². The molecule has 7 nitrogen and oxygen atoms in total. The van der Waals surface area contributed by atoms with Gasteiger partial charge in [0, 0.05) is 36.2 Å². The summed E-state index contributed by atoms with van der Waals surface area (Å²) in [6, 6.07) is 2.18. The second-order valence-corrected chi connectivity index (χ2v) is 16.4. The normalized spacial score (nSPS) is 41.0. The molecule has 7 atom stereocenters. The summed E-state index contributed by atoms with van der Waals surface area (Å²) < 4.78 is 7.91. The van der Waals surface area contributed by atoms with Crippen LogP contribution in [0.5, 0.6) is 0 Å². The molecule has 0 aromatic carbocycles. The van der Waals surface area contributed by atoms with Crippen LogP contribution in [-0.2, 0) is 32.8 Å². The Morgan fingerprint density at radius 2 is 1.77 bits per heavy atom. The van der Waals surface area contributed by atoms with Gasteiger partial charge in [0.15, 0.2) is 11.6 Å². The minimum atomic E-state index is -0.698. The lowest BCUT2D eigenvalue weighted by molar-refractivity contribution is -0.194. The Balaban J connectivity index is 1.45. The molecule has 5 aliphatic rings. The van der Waals surface area contributed by atoms with Crippen LogP contribution in [0.3, 0.4) is 0 Å². The quantitative estimate of drug-likeness (QED) is 0.367. The summed E-state index contributed by atoms with van der Waals surface area (Å²) >= 11 is 0. The van der Waals surface area contributed by atoms with Gasteiger partial charge in [-0.2, -0.15) is 5.26 Å². The van der Waals surface area contributed by atoms with Crippen LogP contribution in [0.4, 0.5) is 0 Å². The average Bonchev–Trinajstić information content (AvgIpc) is 3.34. The lowest BCUT2D eigenvalue weighted by Gasteiger charge is -2.68. The molecule has 7 heteroatoms. The first-order valence-electron chi connectivity index (χ1n) is 16.0. The van der Waals surface area contributed by atoms with Gasteiger partial charge in [-0.3, -0.25) is 14.4 Å². The van der Waals surface area contributed by atoms with Crippen LogP contribution in [0.2, 0.25) is 0 Å². The molecular weight excluding hydrogens is 538 g/mol. The maximum absolute atomic E-state index is 14.6. The molecule has 1 aromatic heterocycles. The number of Topliss-reactive ketones (excluding diaryl/α,β-unsaturated/α-hetero) is 1. The molecular formula is C36H47N3O4. The molecule has 0 radical (unpaired) electrons. The van der Waals surface area contributed by atoms with Gasteiger partial charge >= 0.3 is 5.97 Å². The molecule has 5 aliphatic carbocycles. The Morgan fingerprint density at radius 1 is 1.07 bits per heavy atom. The highest BCUT2D eigenvalue weighted by molar-refractivity contribution is 6.04. The minimum Gasteiger partial charge on any atom is -0.457 e. The van der Waals surface area contributed by atoms with Crippen molar-refractivity contribution in [1.82, 2.24) is 9.55 Å². The van der Waals surface area contributed by atoms with Crippen molar-refractivity contribution in [2.24, 2.45) is 57.3 Å². The smallest absolute Gasteiger partial charge is 0.312 e. The van der Waals surface area contributed by atoms with Crippen molar-refractivity contribution in [2.45, 2.75) is 100 Å². The fourth-order valence-electron chi connectivity index (χ4n) is 10.8. The zero-order valence-electron chi connectivity index (χ0n) is 27.2. The van der Waals surface area contributed by atoms with E-state index in [9.17, 15) is 19.6 Å². The van der Waals surface area contributed by atoms with Crippen LogP contribution in [0.25, 0.3) is 0 Å². The highest BCUT2D eigenvalue weighted by Crippen LogP contribution is 2.74. The summed E-state index contributed by atoms with van der Waals surface area (Å²) in [5.41, 5.74) is -1.33. The summed E-state index contributed by atoms with van der Waals surface area (Å²) in [6.45, 7) is 15.4. The predicted molar refractivity (Wildman–Crippen MR) is 162 cm³/mol. The number of allylic oxidation sites excluding steroid dienone is 4. The lowest BCUT2D eigenvalue weighted by Crippen LogP contribution is -2.65. The summed E-state index contributed by atoms with van der Waals surface area (Å²) in [5, 5.41) is 9.95. The Kier molecular flexibility index (Phi) is 6.46. The number of ether oxygens (including phenoxy) is 1. The zero-order chi connectivity index (χ0) is 31.4. The fraction of sp³-hybridized carbons (Fsp3) is 0.694. The number of ketones is 2. The van der Waals surface area contributed by atoms with E-state index in [0.29, 0.717) is 12.2 Å². The predicted octanol–water partition coefficient (Wildman–Crippen LogP) is 6.68. The van der Waals surface area contributed by atoms with Gasteiger partial charge in [-0.25, -0.2) is 4.98 Å². The van der Waals surface area contributed by atoms with Crippen molar-refractivity contribution in [3.8, 4) is 6.07 Å². The van der Waals surface area contributed by atoms with Gasteiger partial charge in [-0.15, -0.1) is 0 Å². The molecule has 0 aliphatic heterocycles. The molecule has 0 amide bonds. The first-order valence-corrected chi connectivity index (χ1v) is 16.0. The topological polar surface area (TPSA) is 102 Å². The number of esters is 1. The van der Waals surface area contributed by atoms with Gasteiger partial charge < -0.3 is 9.30 Å². The minimum absolute atomic E-state index is 0.00858. The van der Waals surface area contributed by atoms with Crippen LogP contribution in [0, 0.1) is 61.6 Å². The highest BCUT2D eigenvalue weighted by Gasteiger charge is 2.71. The van der Waals surface area contributed by atoms with Crippen molar-refractivity contribution < 1.29 is 19.1 Å². The fourth-order valence-corrected chi connectivity index (χ4v) is 10.8. The summed E-state index contributed by atoms with van der Waals surface area (Å²) in [5.74, 6) is 0.116. The number of carbonyl (C=O) groups excluding carboxylic acids is 3. The number of aromatic nitrogens is 2. The average molecular weight is 586 g/mol. The largest absolute Gasteiger partial charge is 0.457 e. The number of fused-ring (bicyclic) bond motifs is 7. The Labute approximate surface area is 256 Å². The lowest BCUT2D eigenvalue weighted by atomic mass is 9.34. The Morgan fingerprint density at radius 3 is 2.42 bits per heavy atom. The van der Waals surface area contributed by atoms with Crippen molar-refractivity contribution >= 4 is 17.5 Å². The van der Waals surface area contributed by atoms with Crippen LogP contribution in [0.1, 0.15) is 99.2 Å². The van der Waals surface area contributed by atoms with E-state index in [0.717, 1.165) is 44.1 Å². The van der Waals surface area contributed by atoms with E-state index in [-0.39, 0.29) is 63.7 Å². The number of imidazole rings is 1. The number of aryl methyl sites for hydroxylation is 1. The number of nitriles is 1. The number of hydrogen-bond donors (Lipinski definition) is 0. The van der Waals surface area contributed by atoms with Crippen molar-refractivity contribution in [3.05, 3.63) is 41.5 Å². The van der Waals surface area contributed by atoms with E-state index in [1.807, 2.05) is 43.8 Å². The van der Waals surface area contributed by atoms with Crippen molar-refractivity contribution in [3.63, 3.8) is 0 Å². The van der Waals surface area contributed by atoms with E-state index in [1.54, 1.807) is 6.20 Å². The van der Waals surface area contributed by atoms with Crippen LogP contribution in [0.15, 0.2) is 35.7 Å². The standard InChI is InChI=1S/C36H47N3O4/c1-31(2)11-13-36(30(42)43-21-27-38-15-16-39(27)8)14-12-35(7)28(23(36)19-31)24(40)17-26-33(5)18-22(20-37)29(41)32(3,4)25(33)9-10-34(26,35)6/h15-18,23,25,28H,9-14,19,21H2,1-8H3/t23-,25-,28-,33-,34+,35+,36-/m0/s1. The van der Waals surface area contributed by atoms with Crippen LogP contribution in [-0.4, -0.2) is 27.1 Å². The molecule has 0 spiro atoms. The van der Waals surface area contributed by atoms with Gasteiger partial charge in [-0.1, -0.05) is 60.1 Å². The van der Waals surface area contributed by atoms with Crippen molar-refractivity contribution in [2.75, 3.05) is 0 Å². The maximum Gasteiger partial charge on any atom is 0.312 e. The maximum atomic E-state index is 14.6. The van der Waals surface area contributed by atoms with Gasteiger partial charge in [0.05, 0.1) is 11.0 Å². The molecule has 1 aromatic rings. The third-order valence-electron chi connectivity index (χ3n) is 13.5. The number of carbonyl (C=O) groups is 3. The molecule has 0 N–H and O–H groups in total. The first kappa shape index (κ1) is 30.0. The van der Waals surface area contributed by atoms with Crippen LogP contribution < -0.4 is 0 Å². The van der Waals surface area contributed by atoms with Gasteiger partial charge in [0.1, 0.15) is 18.5 Å². The summed E-state index contributed by atoms with van der Waals surface area (Å²) in [6.07, 6.45) is 12.9. The molecule has 3 fully saturated rings. The van der Waals surface area contributed by atoms with Gasteiger partial charge in [0.25, 0.3) is 0 Å². The SMILES string of the molecule is Cn1ccnc1COC(=O)[C@]12CCC(C)(C)C[C@H]1[C@H]1C(=O)C=C3[C@@]4(C)C=C(C#N)C(=O)C(C)(C)[C@@H]4CC[C@@]3(C)[C@]1(C)CC2. The first-order chi connectivity index (χ1) is 20.0. The Hall–Kier alpha value is -3.01. The van der Waals surface area contributed by atoms with Gasteiger partial charge in [0.2, 0.25) is 0 Å². The molecule has 1 heterocycles. The van der Waals surface area contributed by atoms with Crippen molar-refractivity contribution in [1.29, 1.82) is 5.26 Å². The molecule has 6 rings (SSSR count). The number of rotatable bonds is 3. The third kappa shape index (κ3) is 3.90. The number of nitrogens with zero attached hydrogens (tertiary/aromatic N) is 3. The molecule has 3 saturated carbocycles. The van der Waals surface area contributed by atoms with E-state index < -0.39 is 16.2 Å². The second kappa shape index (κ2) is 9.25. The Bertz CT molecular complexity index is 1520. The second-order valence-electron chi connectivity index (χ2n) is 16.4. The molecule has 0 saturated heterocycles.